The summed E-state index contributed by atoms with van der Waals surface area (Å²) in [5.41, 5.74) is 0. The van der Waals surface area contributed by atoms with Crippen molar-refractivity contribution in [2.24, 2.45) is 5.92 Å². The van der Waals surface area contributed by atoms with Crippen LogP contribution in [0.15, 0.2) is 0 Å². The maximum absolute atomic E-state index is 13.1. The molecule has 0 aromatic carbocycles. The summed E-state index contributed by atoms with van der Waals surface area (Å²) in [5.74, 6) is 0.329. The van der Waals surface area contributed by atoms with E-state index in [4.69, 9.17) is 0 Å². The third-order valence-corrected chi connectivity index (χ3v) is 4.09. The van der Waals surface area contributed by atoms with Crippen LogP contribution < -0.4 is 0 Å². The number of hydrogen-bond donors (Lipinski definition) is 0. The van der Waals surface area contributed by atoms with E-state index in [1.165, 1.54) is 0 Å². The Kier molecular flexibility index (Phi) is 31.9. The average molecular weight is 371 g/mol. The van der Waals surface area contributed by atoms with Gasteiger partial charge in [-0.3, -0.25) is 0 Å². The molecule has 0 N–H and O–H groups in total. The van der Waals surface area contributed by atoms with Crippen molar-refractivity contribution in [3.63, 3.8) is 0 Å². The smallest absolute Gasteiger partial charge is 0.668 e. The monoisotopic (exact) mass is 369 g/mol. The second-order valence-corrected chi connectivity index (χ2v) is 6.22. The van der Waals surface area contributed by atoms with E-state index in [2.05, 4.69) is 22.4 Å². The minimum atomic E-state index is -0.526. The number of nitrogens with zero attached hydrogens (tertiary/aromatic N) is 3. The normalized spacial score (nSPS) is 21.6. The van der Waals surface area contributed by atoms with Crippen molar-refractivity contribution in [3.05, 3.63) is 23.1 Å². The summed E-state index contributed by atoms with van der Waals surface area (Å²) in [5, 5.41) is 11.2. The largest absolute Gasteiger partial charge is 4.00 e. The van der Waals surface area contributed by atoms with Crippen LogP contribution in [0.5, 0.6) is 0 Å². The summed E-state index contributed by atoms with van der Waals surface area (Å²) in [4.78, 5) is 0. The van der Waals surface area contributed by atoms with Gasteiger partial charge in [-0.15, -0.1) is 0 Å². The van der Waals surface area contributed by atoms with Crippen molar-refractivity contribution in [1.29, 1.82) is 0 Å². The first-order chi connectivity index (χ1) is 8.06. The summed E-state index contributed by atoms with van der Waals surface area (Å²) >= 11 is 0. The fourth-order valence-electron chi connectivity index (χ4n) is 1.62. The van der Waals surface area contributed by atoms with Crippen LogP contribution in [0.2, 0.25) is 0 Å². The molecule has 3 atom stereocenters. The van der Waals surface area contributed by atoms with Gasteiger partial charge in [0.05, 0.1) is 0 Å². The molecular weight excluding hydrogens is 339 g/mol. The zero-order chi connectivity index (χ0) is 13.7. The Morgan fingerprint density at radius 1 is 1.05 bits per heavy atom. The Balaban J connectivity index is -0.000000122. The summed E-state index contributed by atoms with van der Waals surface area (Å²) in [7, 11) is 8.61. The van der Waals surface area contributed by atoms with E-state index < -0.39 is 6.17 Å². The summed E-state index contributed by atoms with van der Waals surface area (Å²) < 4.78 is 13.1. The van der Waals surface area contributed by atoms with E-state index >= 15 is 0 Å². The van der Waals surface area contributed by atoms with Gasteiger partial charge < -0.3 is 23.1 Å². The molecule has 1 aliphatic rings. The number of alkyl halides is 1. The van der Waals surface area contributed by atoms with E-state index in [9.17, 15) is 4.39 Å². The first-order valence-corrected chi connectivity index (χ1v) is 7.90. The second-order valence-electron chi connectivity index (χ2n) is 4.14. The molecule has 1 saturated carbocycles. The maximum atomic E-state index is 13.1. The zero-order valence-electron chi connectivity index (χ0n) is 13.6. The Bertz CT molecular complexity index is 154. The number of hydrogen-bond acceptors (Lipinski definition) is 0. The summed E-state index contributed by atoms with van der Waals surface area (Å²) in [6.45, 7) is 2.13. The van der Waals surface area contributed by atoms with Crippen molar-refractivity contribution in [2.45, 2.75) is 25.4 Å². The number of rotatable bonds is 3. The maximum Gasteiger partial charge on any atom is 4.00 e. The average Bonchev–Trinajstić information content (AvgIpc) is 2.66. The van der Waals surface area contributed by atoms with Crippen LogP contribution in [0.25, 0.3) is 15.7 Å². The van der Waals surface area contributed by atoms with Gasteiger partial charge in [-0.2, -0.15) is 35.2 Å². The fraction of sp³-hybridized carbons (Fsp3) is 0.923. The van der Waals surface area contributed by atoms with Gasteiger partial charge >= 0.3 is 26.2 Å². The molecular formula is C13H31FN3PZr. The third-order valence-electron chi connectivity index (χ3n) is 2.41. The van der Waals surface area contributed by atoms with Crippen LogP contribution in [-0.4, -0.2) is 54.2 Å². The molecule has 0 spiro atoms. The van der Waals surface area contributed by atoms with E-state index in [0.29, 0.717) is 5.92 Å². The van der Waals surface area contributed by atoms with Gasteiger partial charge in [-0.25, -0.2) is 12.5 Å². The molecule has 3 nitrogen and oxygen atoms in total. The van der Waals surface area contributed by atoms with Gasteiger partial charge in [0.25, 0.3) is 0 Å². The van der Waals surface area contributed by atoms with E-state index in [0.717, 1.165) is 25.4 Å². The summed E-state index contributed by atoms with van der Waals surface area (Å²) in [6, 6.07) is 0. The standard InChI is InChI=1S/C8H16FNP.2C2H6N.CH3.Zr/c1-10-11(2)6-7-4-3-5-8(7)9;2*1-3-2;;/h7-8H,3-6H2,1-2H3;2*1-2H3;1H3;/q4*-1;+4/t7-,8?,11?;;;;/m0..../s1. The Morgan fingerprint density at radius 3 is 1.74 bits per heavy atom. The molecule has 114 valence electrons. The van der Waals surface area contributed by atoms with E-state index in [-0.39, 0.29) is 41.7 Å². The molecule has 0 aliphatic heterocycles. The molecule has 0 aromatic rings. The van der Waals surface area contributed by atoms with Crippen LogP contribution in [0.3, 0.4) is 0 Å². The summed E-state index contributed by atoms with van der Waals surface area (Å²) in [6.07, 6.45) is 3.44. The minimum absolute atomic E-state index is 0. The van der Waals surface area contributed by atoms with Gasteiger partial charge in [-0.05, 0) is 24.9 Å². The van der Waals surface area contributed by atoms with Crippen molar-refractivity contribution in [3.8, 4) is 0 Å². The zero-order valence-corrected chi connectivity index (χ0v) is 17.0. The predicted octanol–water partition coefficient (Wildman–Crippen LogP) is 4.84. The van der Waals surface area contributed by atoms with Crippen LogP contribution in [0.1, 0.15) is 19.3 Å². The van der Waals surface area contributed by atoms with Gasteiger partial charge in [0.1, 0.15) is 6.17 Å². The quantitative estimate of drug-likeness (QED) is 0.504. The molecule has 0 bridgehead atoms. The second kappa shape index (κ2) is 21.4. The molecule has 6 heteroatoms. The van der Waals surface area contributed by atoms with Crippen molar-refractivity contribution < 1.29 is 30.6 Å². The minimum Gasteiger partial charge on any atom is -0.668 e. The van der Waals surface area contributed by atoms with Crippen molar-refractivity contribution in [1.82, 2.24) is 0 Å². The van der Waals surface area contributed by atoms with Crippen LogP contribution >= 0.6 is 8.07 Å². The van der Waals surface area contributed by atoms with Crippen molar-refractivity contribution >= 4 is 8.07 Å². The number of halogens is 1. The molecule has 0 saturated heterocycles. The molecule has 2 unspecified atom stereocenters. The van der Waals surface area contributed by atoms with Gasteiger partial charge in [0, 0.05) is 0 Å². The van der Waals surface area contributed by atoms with Gasteiger partial charge in [0.15, 0.2) is 0 Å². The van der Waals surface area contributed by atoms with Crippen LogP contribution in [0, 0.1) is 13.3 Å². The van der Waals surface area contributed by atoms with Gasteiger partial charge in [-0.1, -0.05) is 13.1 Å². The molecule has 1 rings (SSSR count). The first-order valence-electron chi connectivity index (χ1n) is 5.98. The van der Waals surface area contributed by atoms with E-state index in [1.54, 1.807) is 28.2 Å². The van der Waals surface area contributed by atoms with Crippen molar-refractivity contribution in [2.75, 3.05) is 48.1 Å². The SMILES string of the molecule is C[N-]C.C[N-]C.C[N-]P(C)C[C@@H]1CCCC1F.[CH3-].[Zr+4]. The van der Waals surface area contributed by atoms with Crippen LogP contribution in [-0.2, 0) is 26.2 Å². The Morgan fingerprint density at radius 2 is 1.47 bits per heavy atom. The van der Waals surface area contributed by atoms with Gasteiger partial charge in [0.2, 0.25) is 0 Å². The Hall–Kier alpha value is 1.12. The molecule has 0 aromatic heterocycles. The predicted molar refractivity (Wildman–Crippen MR) is 86.1 cm³/mol. The topological polar surface area (TPSA) is 42.3 Å². The molecule has 19 heavy (non-hydrogen) atoms. The van der Waals surface area contributed by atoms with E-state index in [1.807, 2.05) is 7.05 Å². The first kappa shape index (κ1) is 28.3. The molecule has 1 aliphatic carbocycles. The Labute approximate surface area is 141 Å². The third kappa shape index (κ3) is 19.1. The molecule has 0 heterocycles. The van der Waals surface area contributed by atoms with Crippen LogP contribution in [0.4, 0.5) is 4.39 Å². The molecule has 0 radical (unpaired) electrons. The fourth-order valence-corrected chi connectivity index (χ4v) is 2.87. The molecule has 0 amide bonds. The molecule has 1 fully saturated rings.